The second kappa shape index (κ2) is 5.88. The summed E-state index contributed by atoms with van der Waals surface area (Å²) >= 11 is 0. The number of benzene rings is 1. The van der Waals surface area contributed by atoms with Crippen molar-refractivity contribution in [2.45, 2.75) is 19.9 Å². The predicted molar refractivity (Wildman–Crippen MR) is 79.7 cm³/mol. The Morgan fingerprint density at radius 1 is 1.40 bits per heavy atom. The summed E-state index contributed by atoms with van der Waals surface area (Å²) in [6.07, 6.45) is 0.813. The van der Waals surface area contributed by atoms with Gasteiger partial charge in [0.25, 0.3) is 5.91 Å². The molecule has 1 aromatic carbocycles. The molecule has 2 rings (SSSR count). The zero-order valence-corrected chi connectivity index (χ0v) is 12.1. The van der Waals surface area contributed by atoms with Crippen molar-refractivity contribution in [3.05, 3.63) is 47.3 Å². The van der Waals surface area contributed by atoms with Crippen molar-refractivity contribution in [1.82, 2.24) is 9.78 Å². The highest BCUT2D eigenvalue weighted by molar-refractivity contribution is 6.04. The van der Waals surface area contributed by atoms with E-state index in [-0.39, 0.29) is 5.91 Å². The van der Waals surface area contributed by atoms with Crippen LogP contribution in [0.25, 0.3) is 0 Å². The van der Waals surface area contributed by atoms with E-state index in [9.17, 15) is 4.79 Å². The van der Waals surface area contributed by atoms with Gasteiger partial charge in [-0.2, -0.15) is 5.10 Å². The van der Waals surface area contributed by atoms with Crippen molar-refractivity contribution < 1.29 is 4.79 Å². The van der Waals surface area contributed by atoms with Crippen LogP contribution in [0, 0.1) is 0 Å². The van der Waals surface area contributed by atoms with Gasteiger partial charge in [0.15, 0.2) is 0 Å². The topological polar surface area (TPSA) is 64.2 Å². The van der Waals surface area contributed by atoms with E-state index in [0.717, 1.165) is 23.4 Å². The molecular formula is C15H20N4O. The first-order valence-corrected chi connectivity index (χ1v) is 6.66. The summed E-state index contributed by atoms with van der Waals surface area (Å²) in [6.45, 7) is 2.48. The Bertz CT molecular complexity index is 618. The van der Waals surface area contributed by atoms with Crippen LogP contribution in [0.3, 0.4) is 0 Å². The van der Waals surface area contributed by atoms with E-state index in [4.69, 9.17) is 5.73 Å². The molecule has 2 N–H and O–H groups in total. The van der Waals surface area contributed by atoms with E-state index in [1.165, 1.54) is 0 Å². The minimum absolute atomic E-state index is 0.0751. The van der Waals surface area contributed by atoms with Gasteiger partial charge in [0.1, 0.15) is 5.69 Å². The fourth-order valence-electron chi connectivity index (χ4n) is 2.08. The third-order valence-electron chi connectivity index (χ3n) is 3.35. The lowest BCUT2D eigenvalue weighted by molar-refractivity contribution is 0.0984. The number of anilines is 1. The normalized spacial score (nSPS) is 10.6. The number of rotatable bonds is 4. The number of aryl methyl sites for hydroxylation is 2. The Hall–Kier alpha value is -2.14. The van der Waals surface area contributed by atoms with Crippen molar-refractivity contribution in [1.29, 1.82) is 0 Å². The zero-order valence-electron chi connectivity index (χ0n) is 12.1. The summed E-state index contributed by atoms with van der Waals surface area (Å²) in [7, 11) is 3.55. The average molecular weight is 272 g/mol. The first-order chi connectivity index (χ1) is 9.56. The number of aromatic nitrogens is 2. The molecular weight excluding hydrogens is 252 g/mol. The molecule has 1 heterocycles. The molecule has 0 radical (unpaired) electrons. The first-order valence-electron chi connectivity index (χ1n) is 6.66. The zero-order chi connectivity index (χ0) is 14.7. The third kappa shape index (κ3) is 2.72. The van der Waals surface area contributed by atoms with Gasteiger partial charge in [0.2, 0.25) is 0 Å². The molecule has 5 nitrogen and oxygen atoms in total. The lowest BCUT2D eigenvalue weighted by Crippen LogP contribution is -2.28. The van der Waals surface area contributed by atoms with Gasteiger partial charge in [-0.25, -0.2) is 0 Å². The molecule has 0 saturated heterocycles. The highest BCUT2D eigenvalue weighted by Gasteiger charge is 2.18. The van der Waals surface area contributed by atoms with Crippen molar-refractivity contribution in [2.24, 2.45) is 12.8 Å². The molecule has 2 aromatic rings. The molecule has 0 aliphatic carbocycles. The average Bonchev–Trinajstić information content (AvgIpc) is 2.87. The molecule has 1 amide bonds. The number of amides is 1. The van der Waals surface area contributed by atoms with Crippen molar-refractivity contribution in [3.63, 3.8) is 0 Å². The Labute approximate surface area is 119 Å². The van der Waals surface area contributed by atoms with Gasteiger partial charge in [-0.05, 0) is 30.2 Å². The maximum atomic E-state index is 12.5. The Balaban J connectivity index is 2.29. The molecule has 5 heteroatoms. The molecule has 0 fully saturated rings. The molecule has 0 spiro atoms. The highest BCUT2D eigenvalue weighted by Crippen LogP contribution is 2.17. The summed E-state index contributed by atoms with van der Waals surface area (Å²) in [5, 5.41) is 4.31. The molecule has 0 aliphatic heterocycles. The van der Waals surface area contributed by atoms with Crippen LogP contribution in [0.1, 0.15) is 28.7 Å². The first kappa shape index (κ1) is 14.3. The largest absolute Gasteiger partial charge is 0.326 e. The van der Waals surface area contributed by atoms with Crippen LogP contribution >= 0.6 is 0 Å². The SMILES string of the molecule is CCc1cc(C(=O)N(C)c2cccc(CN)c2)n(C)n1. The summed E-state index contributed by atoms with van der Waals surface area (Å²) in [5.41, 5.74) is 8.97. The van der Waals surface area contributed by atoms with Crippen molar-refractivity contribution >= 4 is 11.6 Å². The summed E-state index contributed by atoms with van der Waals surface area (Å²) in [4.78, 5) is 14.1. The lowest BCUT2D eigenvalue weighted by Gasteiger charge is -2.18. The van der Waals surface area contributed by atoms with E-state index in [1.54, 1.807) is 23.7 Å². The van der Waals surface area contributed by atoms with Crippen LogP contribution < -0.4 is 10.6 Å². The predicted octanol–water partition coefficient (Wildman–Crippen LogP) is 1.72. The number of carbonyl (C=O) groups excluding carboxylic acids is 1. The second-order valence-electron chi connectivity index (χ2n) is 4.74. The lowest BCUT2D eigenvalue weighted by atomic mass is 10.2. The molecule has 0 unspecified atom stereocenters. The van der Waals surface area contributed by atoms with Crippen molar-refractivity contribution in [3.8, 4) is 0 Å². The molecule has 106 valence electrons. The molecule has 0 aliphatic rings. The van der Waals surface area contributed by atoms with Crippen LogP contribution in [-0.2, 0) is 20.0 Å². The number of nitrogens with zero attached hydrogens (tertiary/aromatic N) is 3. The number of hydrogen-bond donors (Lipinski definition) is 1. The smallest absolute Gasteiger partial charge is 0.276 e. The molecule has 1 aromatic heterocycles. The van der Waals surface area contributed by atoms with E-state index < -0.39 is 0 Å². The van der Waals surface area contributed by atoms with Gasteiger partial charge in [-0.15, -0.1) is 0 Å². The van der Waals surface area contributed by atoms with Crippen LogP contribution in [0.15, 0.2) is 30.3 Å². The summed E-state index contributed by atoms with van der Waals surface area (Å²) in [6, 6.07) is 9.51. The van der Waals surface area contributed by atoms with Gasteiger partial charge in [0, 0.05) is 26.3 Å². The number of hydrogen-bond acceptors (Lipinski definition) is 3. The minimum atomic E-state index is -0.0751. The van der Waals surface area contributed by atoms with E-state index in [2.05, 4.69) is 5.10 Å². The van der Waals surface area contributed by atoms with Crippen LogP contribution in [0.5, 0.6) is 0 Å². The monoisotopic (exact) mass is 272 g/mol. The minimum Gasteiger partial charge on any atom is -0.326 e. The van der Waals surface area contributed by atoms with Crippen molar-refractivity contribution in [2.75, 3.05) is 11.9 Å². The van der Waals surface area contributed by atoms with Gasteiger partial charge in [0.05, 0.1) is 5.69 Å². The van der Waals surface area contributed by atoms with Gasteiger partial charge >= 0.3 is 0 Å². The number of nitrogens with two attached hydrogens (primary N) is 1. The maximum Gasteiger partial charge on any atom is 0.276 e. The standard InChI is InChI=1S/C15H20N4O/c1-4-12-9-14(19(3)17-12)15(20)18(2)13-7-5-6-11(8-13)10-16/h5-9H,4,10,16H2,1-3H3. The van der Waals surface area contributed by atoms with Gasteiger partial charge in [-0.3, -0.25) is 9.48 Å². The van der Waals surface area contributed by atoms with Crippen LogP contribution in [0.2, 0.25) is 0 Å². The Kier molecular flexibility index (Phi) is 4.20. The molecule has 20 heavy (non-hydrogen) atoms. The molecule has 0 saturated carbocycles. The fraction of sp³-hybridized carbons (Fsp3) is 0.333. The second-order valence-corrected chi connectivity index (χ2v) is 4.74. The van der Waals surface area contributed by atoms with E-state index in [0.29, 0.717) is 12.2 Å². The van der Waals surface area contributed by atoms with E-state index in [1.807, 2.05) is 37.3 Å². The Morgan fingerprint density at radius 3 is 2.75 bits per heavy atom. The summed E-state index contributed by atoms with van der Waals surface area (Å²) in [5.74, 6) is -0.0751. The number of carbonyl (C=O) groups is 1. The fourth-order valence-corrected chi connectivity index (χ4v) is 2.08. The Morgan fingerprint density at radius 2 is 2.15 bits per heavy atom. The third-order valence-corrected chi connectivity index (χ3v) is 3.35. The van der Waals surface area contributed by atoms with Crippen LogP contribution in [0.4, 0.5) is 5.69 Å². The van der Waals surface area contributed by atoms with Crippen LogP contribution in [-0.4, -0.2) is 22.7 Å². The van der Waals surface area contributed by atoms with Gasteiger partial charge in [-0.1, -0.05) is 19.1 Å². The molecule has 0 bridgehead atoms. The van der Waals surface area contributed by atoms with Gasteiger partial charge < -0.3 is 10.6 Å². The molecule has 0 atom stereocenters. The summed E-state index contributed by atoms with van der Waals surface area (Å²) < 4.78 is 1.63. The highest BCUT2D eigenvalue weighted by atomic mass is 16.2. The quantitative estimate of drug-likeness (QED) is 0.921. The maximum absolute atomic E-state index is 12.5. The van der Waals surface area contributed by atoms with E-state index >= 15 is 0 Å².